The third-order valence-electron chi connectivity index (χ3n) is 2.82. The minimum atomic E-state index is -0.806. The van der Waals surface area contributed by atoms with E-state index in [4.69, 9.17) is 15.0 Å². The summed E-state index contributed by atoms with van der Waals surface area (Å²) in [4.78, 5) is 14.4. The lowest BCUT2D eigenvalue weighted by molar-refractivity contribution is -0.150. The highest BCUT2D eigenvalue weighted by Crippen LogP contribution is 2.26. The maximum absolute atomic E-state index is 11.7. The Labute approximate surface area is 93.7 Å². The maximum atomic E-state index is 11.7. The molecular formula is C9H16N4O3. The molecule has 0 aromatic rings. The summed E-state index contributed by atoms with van der Waals surface area (Å²) in [6, 6.07) is 0. The van der Waals surface area contributed by atoms with Gasteiger partial charge in [-0.05, 0) is 12.5 Å². The van der Waals surface area contributed by atoms with Crippen LogP contribution in [0.4, 0.5) is 0 Å². The summed E-state index contributed by atoms with van der Waals surface area (Å²) in [6.07, 6.45) is 0.322. The summed E-state index contributed by atoms with van der Waals surface area (Å²) in [5.74, 6) is -0.335. The van der Waals surface area contributed by atoms with Crippen LogP contribution in [0.5, 0.6) is 0 Å². The molecule has 7 nitrogen and oxygen atoms in total. The number of hydrogen-bond donors (Lipinski definition) is 1. The van der Waals surface area contributed by atoms with Gasteiger partial charge in [-0.15, -0.1) is 0 Å². The Balaban J connectivity index is 2.64. The van der Waals surface area contributed by atoms with Gasteiger partial charge >= 0.3 is 5.97 Å². The van der Waals surface area contributed by atoms with Gasteiger partial charge in [0.15, 0.2) is 0 Å². The Hall–Kier alpha value is -1.30. The summed E-state index contributed by atoms with van der Waals surface area (Å²) >= 11 is 0. The number of nitrogens with zero attached hydrogens (tertiary/aromatic N) is 3. The predicted octanol–water partition coefficient (Wildman–Crippen LogP) is 0.607. The molecule has 1 aliphatic heterocycles. The van der Waals surface area contributed by atoms with E-state index >= 15 is 0 Å². The van der Waals surface area contributed by atoms with Crippen molar-refractivity contribution < 1.29 is 14.3 Å². The molecule has 0 spiro atoms. The van der Waals surface area contributed by atoms with Crippen molar-refractivity contribution in [2.24, 2.45) is 5.11 Å². The summed E-state index contributed by atoms with van der Waals surface area (Å²) < 4.78 is 10.2. The molecule has 2 unspecified atom stereocenters. The van der Waals surface area contributed by atoms with Gasteiger partial charge in [-0.3, -0.25) is 5.32 Å². The van der Waals surface area contributed by atoms with Crippen molar-refractivity contribution in [1.29, 1.82) is 0 Å². The van der Waals surface area contributed by atoms with Crippen LogP contribution in [-0.2, 0) is 14.3 Å². The van der Waals surface area contributed by atoms with E-state index in [-0.39, 0.29) is 12.1 Å². The molecule has 1 fully saturated rings. The van der Waals surface area contributed by atoms with Gasteiger partial charge in [-0.1, -0.05) is 5.11 Å². The lowest BCUT2D eigenvalue weighted by Crippen LogP contribution is -2.57. The fourth-order valence-electron chi connectivity index (χ4n) is 1.87. The number of azide groups is 1. The van der Waals surface area contributed by atoms with E-state index < -0.39 is 5.54 Å². The van der Waals surface area contributed by atoms with E-state index in [9.17, 15) is 4.79 Å². The first-order valence-corrected chi connectivity index (χ1v) is 5.13. The first-order chi connectivity index (χ1) is 7.67. The van der Waals surface area contributed by atoms with Crippen LogP contribution in [0, 0.1) is 0 Å². The zero-order chi connectivity index (χ0) is 12.0. The van der Waals surface area contributed by atoms with Crippen molar-refractivity contribution in [2.45, 2.75) is 25.0 Å². The summed E-state index contributed by atoms with van der Waals surface area (Å²) in [5.41, 5.74) is 7.34. The highest BCUT2D eigenvalue weighted by atomic mass is 16.5. The Morgan fingerprint density at radius 1 is 1.81 bits per heavy atom. The van der Waals surface area contributed by atoms with Crippen molar-refractivity contribution >= 4 is 5.97 Å². The molecule has 1 saturated heterocycles. The number of ether oxygens (including phenoxy) is 2. The van der Waals surface area contributed by atoms with Crippen LogP contribution in [-0.4, -0.2) is 44.4 Å². The Morgan fingerprint density at radius 3 is 3.06 bits per heavy atom. The molecule has 7 heteroatoms. The number of nitrogens with one attached hydrogen (secondary N) is 1. The molecule has 2 atom stereocenters. The highest BCUT2D eigenvalue weighted by Gasteiger charge is 2.48. The van der Waals surface area contributed by atoms with Gasteiger partial charge in [0.2, 0.25) is 0 Å². The SMILES string of the molecule is COC(=O)C1(NCCN=[N+]=[N-])CCOC1C. The number of methoxy groups -OCH3 is 1. The van der Waals surface area contributed by atoms with Gasteiger partial charge in [0.25, 0.3) is 0 Å². The average molecular weight is 228 g/mol. The van der Waals surface area contributed by atoms with E-state index in [0.29, 0.717) is 26.1 Å². The van der Waals surface area contributed by atoms with Crippen LogP contribution >= 0.6 is 0 Å². The van der Waals surface area contributed by atoms with Crippen LogP contribution < -0.4 is 5.32 Å². The molecule has 0 bridgehead atoms. The normalized spacial score (nSPS) is 28.5. The topological polar surface area (TPSA) is 96.3 Å². The van der Waals surface area contributed by atoms with Crippen LogP contribution in [0.25, 0.3) is 10.4 Å². The fourth-order valence-corrected chi connectivity index (χ4v) is 1.87. The zero-order valence-electron chi connectivity index (χ0n) is 9.47. The number of hydrogen-bond acceptors (Lipinski definition) is 5. The summed E-state index contributed by atoms with van der Waals surface area (Å²) in [6.45, 7) is 3.06. The van der Waals surface area contributed by atoms with E-state index in [1.54, 1.807) is 0 Å². The number of rotatable bonds is 5. The second-order valence-corrected chi connectivity index (χ2v) is 3.61. The summed E-state index contributed by atoms with van der Waals surface area (Å²) in [5, 5.41) is 6.47. The van der Waals surface area contributed by atoms with Crippen LogP contribution in [0.2, 0.25) is 0 Å². The monoisotopic (exact) mass is 228 g/mol. The first-order valence-electron chi connectivity index (χ1n) is 5.13. The first kappa shape index (κ1) is 12.8. The second-order valence-electron chi connectivity index (χ2n) is 3.61. The maximum Gasteiger partial charge on any atom is 0.328 e. The number of esters is 1. The molecule has 0 amide bonds. The Morgan fingerprint density at radius 2 is 2.56 bits per heavy atom. The molecule has 0 aromatic heterocycles. The highest BCUT2D eigenvalue weighted by molar-refractivity contribution is 5.82. The van der Waals surface area contributed by atoms with Gasteiger partial charge in [0.1, 0.15) is 5.54 Å². The van der Waals surface area contributed by atoms with Crippen molar-refractivity contribution in [3.8, 4) is 0 Å². The number of carbonyl (C=O) groups excluding carboxylic acids is 1. The van der Waals surface area contributed by atoms with Crippen molar-refractivity contribution in [3.63, 3.8) is 0 Å². The minimum absolute atomic E-state index is 0.244. The van der Waals surface area contributed by atoms with Gasteiger partial charge in [-0.25, -0.2) is 4.79 Å². The number of carbonyl (C=O) groups is 1. The standard InChI is InChI=1S/C9H16N4O3/c1-7-9(3-6-16-7,8(14)15-2)11-4-5-12-13-10/h7,11H,3-6H2,1-2H3. The third kappa shape index (κ3) is 2.44. The molecule has 0 radical (unpaired) electrons. The lowest BCUT2D eigenvalue weighted by atomic mass is 9.92. The van der Waals surface area contributed by atoms with Gasteiger partial charge in [-0.2, -0.15) is 0 Å². The smallest absolute Gasteiger partial charge is 0.328 e. The van der Waals surface area contributed by atoms with E-state index in [0.717, 1.165) is 0 Å². The van der Waals surface area contributed by atoms with E-state index in [1.807, 2.05) is 6.92 Å². The summed E-state index contributed by atoms with van der Waals surface area (Å²) in [7, 11) is 1.35. The largest absolute Gasteiger partial charge is 0.468 e. The molecule has 0 aromatic carbocycles. The molecule has 90 valence electrons. The van der Waals surface area contributed by atoms with E-state index in [1.165, 1.54) is 7.11 Å². The molecule has 0 aliphatic carbocycles. The zero-order valence-corrected chi connectivity index (χ0v) is 9.47. The van der Waals surface area contributed by atoms with Gasteiger partial charge < -0.3 is 9.47 Å². The third-order valence-corrected chi connectivity index (χ3v) is 2.82. The predicted molar refractivity (Wildman–Crippen MR) is 56.8 cm³/mol. The quantitative estimate of drug-likeness (QED) is 0.245. The van der Waals surface area contributed by atoms with E-state index in [2.05, 4.69) is 15.3 Å². The Kier molecular flexibility index (Phi) is 4.54. The Bertz CT molecular complexity index is 303. The van der Waals surface area contributed by atoms with Crippen LogP contribution in [0.15, 0.2) is 5.11 Å². The van der Waals surface area contributed by atoms with Crippen molar-refractivity contribution in [2.75, 3.05) is 26.8 Å². The lowest BCUT2D eigenvalue weighted by Gasteiger charge is -2.30. The molecule has 1 aliphatic rings. The van der Waals surface area contributed by atoms with Gasteiger partial charge in [0, 0.05) is 31.0 Å². The fraction of sp³-hybridized carbons (Fsp3) is 0.889. The van der Waals surface area contributed by atoms with Crippen molar-refractivity contribution in [1.82, 2.24) is 5.32 Å². The molecular weight excluding hydrogens is 212 g/mol. The molecule has 0 saturated carbocycles. The van der Waals surface area contributed by atoms with Crippen LogP contribution in [0.1, 0.15) is 13.3 Å². The average Bonchev–Trinajstić information content (AvgIpc) is 2.66. The minimum Gasteiger partial charge on any atom is -0.468 e. The molecule has 1 N–H and O–H groups in total. The van der Waals surface area contributed by atoms with Crippen molar-refractivity contribution in [3.05, 3.63) is 10.4 Å². The van der Waals surface area contributed by atoms with Gasteiger partial charge in [0.05, 0.1) is 13.2 Å². The molecule has 1 rings (SSSR count). The molecule has 16 heavy (non-hydrogen) atoms. The molecule has 1 heterocycles. The second kappa shape index (κ2) is 5.69. The van der Waals surface area contributed by atoms with Crippen LogP contribution in [0.3, 0.4) is 0 Å².